The van der Waals surface area contributed by atoms with Crippen LogP contribution in [-0.4, -0.2) is 66.0 Å². The Hall–Kier alpha value is -3.66. The highest BCUT2D eigenvalue weighted by Crippen LogP contribution is 2.48. The Morgan fingerprint density at radius 2 is 1.85 bits per heavy atom. The number of benzene rings is 3. The summed E-state index contributed by atoms with van der Waals surface area (Å²) in [4.78, 5) is 30.3. The van der Waals surface area contributed by atoms with Crippen LogP contribution in [0.1, 0.15) is 16.4 Å². The van der Waals surface area contributed by atoms with E-state index in [-0.39, 0.29) is 35.2 Å². The minimum absolute atomic E-state index is 0.147. The van der Waals surface area contributed by atoms with Crippen molar-refractivity contribution in [3.63, 3.8) is 0 Å². The number of nitrogens with one attached hydrogen (secondary N) is 1. The summed E-state index contributed by atoms with van der Waals surface area (Å²) in [6, 6.07) is 23.2. The first-order valence-electron chi connectivity index (χ1n) is 12.8. The molecule has 5 rings (SSSR count). The molecule has 7 nitrogen and oxygen atoms in total. The molecule has 2 amide bonds. The van der Waals surface area contributed by atoms with Gasteiger partial charge in [-0.05, 0) is 56.1 Å². The van der Waals surface area contributed by atoms with Gasteiger partial charge in [0.05, 0.1) is 22.4 Å². The van der Waals surface area contributed by atoms with Crippen molar-refractivity contribution in [2.75, 3.05) is 44.4 Å². The molecule has 3 aromatic carbocycles. The normalized spacial score (nSPS) is 15.2. The molecule has 10 heteroatoms. The van der Waals surface area contributed by atoms with Crippen LogP contribution in [0.4, 0.5) is 10.2 Å². The van der Waals surface area contributed by atoms with E-state index in [1.807, 2.05) is 73.6 Å². The second-order valence-electron chi connectivity index (χ2n) is 9.72. The molecule has 0 unspecified atom stereocenters. The fourth-order valence-corrected chi connectivity index (χ4v) is 6.03. The molecule has 4 aromatic rings. The average molecular weight is 578 g/mol. The molecule has 0 saturated heterocycles. The van der Waals surface area contributed by atoms with Crippen LogP contribution in [0.15, 0.2) is 78.9 Å². The number of likely N-dealkylation sites (N-methyl/N-ethyl adjacent to an activating group) is 1. The summed E-state index contributed by atoms with van der Waals surface area (Å²) in [5.41, 5.74) is 3.80. The van der Waals surface area contributed by atoms with E-state index in [0.717, 1.165) is 16.7 Å². The first kappa shape index (κ1) is 27.9. The van der Waals surface area contributed by atoms with E-state index in [9.17, 15) is 14.0 Å². The third-order valence-corrected chi connectivity index (χ3v) is 8.03. The molecule has 0 spiro atoms. The lowest BCUT2D eigenvalue weighted by Gasteiger charge is -2.23. The molecule has 40 heavy (non-hydrogen) atoms. The molecule has 1 N–H and O–H groups in total. The second kappa shape index (κ2) is 12.2. The van der Waals surface area contributed by atoms with Gasteiger partial charge in [-0.25, -0.2) is 9.07 Å². The van der Waals surface area contributed by atoms with E-state index in [2.05, 4.69) is 5.32 Å². The number of carbonyl (C=O) groups is 2. The third-order valence-electron chi connectivity index (χ3n) is 6.54. The predicted octanol–water partition coefficient (Wildman–Crippen LogP) is 5.18. The van der Waals surface area contributed by atoms with Crippen molar-refractivity contribution in [2.24, 2.45) is 0 Å². The lowest BCUT2D eigenvalue weighted by Crippen LogP contribution is -2.43. The van der Waals surface area contributed by atoms with Gasteiger partial charge in [-0.15, -0.1) is 11.8 Å². The number of thioether (sulfide) groups is 1. The summed E-state index contributed by atoms with van der Waals surface area (Å²) in [5.74, 6) is -0.255. The van der Waals surface area contributed by atoms with Crippen LogP contribution in [0, 0.1) is 5.82 Å². The monoisotopic (exact) mass is 577 g/mol. The van der Waals surface area contributed by atoms with E-state index >= 15 is 0 Å². The van der Waals surface area contributed by atoms with Crippen LogP contribution in [0.25, 0.3) is 16.9 Å². The van der Waals surface area contributed by atoms with Gasteiger partial charge < -0.3 is 10.2 Å². The van der Waals surface area contributed by atoms with Gasteiger partial charge in [0.15, 0.2) is 0 Å². The van der Waals surface area contributed by atoms with Gasteiger partial charge >= 0.3 is 0 Å². The lowest BCUT2D eigenvalue weighted by molar-refractivity contribution is -0.122. The molecule has 206 valence electrons. The van der Waals surface area contributed by atoms with Crippen molar-refractivity contribution in [3.8, 4) is 16.9 Å². The molecule has 0 radical (unpaired) electrons. The average Bonchev–Trinajstić information content (AvgIpc) is 3.26. The predicted molar refractivity (Wildman–Crippen MR) is 159 cm³/mol. The second-order valence-corrected chi connectivity index (χ2v) is 11.2. The Balaban J connectivity index is 1.72. The zero-order chi connectivity index (χ0) is 28.2. The van der Waals surface area contributed by atoms with Gasteiger partial charge in [0.1, 0.15) is 18.2 Å². The maximum absolute atomic E-state index is 13.9. The van der Waals surface area contributed by atoms with Crippen LogP contribution < -0.4 is 10.2 Å². The van der Waals surface area contributed by atoms with Crippen molar-refractivity contribution >= 4 is 41.0 Å². The van der Waals surface area contributed by atoms with Crippen LogP contribution in [0.5, 0.6) is 0 Å². The molecule has 1 aliphatic rings. The standard InChI is InChI=1S/C30H29ClFN5O2S/c1-35(2)16-15-33-25(38)18-36-26(39)19-40-29(21-9-6-10-22(31)17-21)27-28(20-7-4-3-5-8-20)34-37(30(27)36)24-13-11-23(32)12-14-24/h3-14,17,29H,15-16,18-19H2,1-2H3,(H,33,38)/t29-/m0/s1. The largest absolute Gasteiger partial charge is 0.353 e. The first-order chi connectivity index (χ1) is 19.3. The molecule has 0 saturated carbocycles. The number of hydrogen-bond donors (Lipinski definition) is 1. The van der Waals surface area contributed by atoms with E-state index < -0.39 is 0 Å². The summed E-state index contributed by atoms with van der Waals surface area (Å²) in [7, 11) is 3.85. The van der Waals surface area contributed by atoms with Crippen LogP contribution in [0.3, 0.4) is 0 Å². The van der Waals surface area contributed by atoms with Gasteiger partial charge in [-0.1, -0.05) is 54.1 Å². The number of hydrogen-bond acceptors (Lipinski definition) is 5. The highest BCUT2D eigenvalue weighted by molar-refractivity contribution is 8.00. The molecule has 1 aliphatic heterocycles. The fraction of sp³-hybridized carbons (Fsp3) is 0.233. The summed E-state index contributed by atoms with van der Waals surface area (Å²) in [6.07, 6.45) is 0. The molecule has 1 atom stereocenters. The number of anilines is 1. The molecule has 0 aliphatic carbocycles. The molecule has 1 aromatic heterocycles. The van der Waals surface area contributed by atoms with Gasteiger partial charge in [0.2, 0.25) is 11.8 Å². The summed E-state index contributed by atoms with van der Waals surface area (Å²) >= 11 is 7.87. The van der Waals surface area contributed by atoms with Crippen molar-refractivity contribution < 1.29 is 14.0 Å². The smallest absolute Gasteiger partial charge is 0.240 e. The van der Waals surface area contributed by atoms with Crippen LogP contribution in [-0.2, 0) is 9.59 Å². The Kier molecular flexibility index (Phi) is 8.54. The summed E-state index contributed by atoms with van der Waals surface area (Å²) in [6.45, 7) is 0.944. The first-order valence-corrected chi connectivity index (χ1v) is 14.3. The summed E-state index contributed by atoms with van der Waals surface area (Å²) < 4.78 is 15.6. The number of amides is 2. The SMILES string of the molecule is CN(C)CCNC(=O)CN1C(=O)CS[C@@H](c2cccc(Cl)c2)c2c(-c3ccccc3)nn(-c3ccc(F)cc3)c21. The third kappa shape index (κ3) is 6.06. The van der Waals surface area contributed by atoms with Crippen LogP contribution in [0.2, 0.25) is 5.02 Å². The van der Waals surface area contributed by atoms with Gasteiger partial charge in [-0.2, -0.15) is 5.10 Å². The van der Waals surface area contributed by atoms with E-state index in [0.29, 0.717) is 35.3 Å². The zero-order valence-corrected chi connectivity index (χ0v) is 23.8. The number of aromatic nitrogens is 2. The van der Waals surface area contributed by atoms with Gasteiger partial charge in [-0.3, -0.25) is 14.5 Å². The highest BCUT2D eigenvalue weighted by Gasteiger charge is 2.37. The highest BCUT2D eigenvalue weighted by atomic mass is 35.5. The fourth-order valence-electron chi connectivity index (χ4n) is 4.64. The molecule has 0 fully saturated rings. The maximum atomic E-state index is 13.9. The van der Waals surface area contributed by atoms with Crippen molar-refractivity contribution in [1.29, 1.82) is 0 Å². The van der Waals surface area contributed by atoms with Gasteiger partial charge in [0, 0.05) is 29.2 Å². The lowest BCUT2D eigenvalue weighted by atomic mass is 9.99. The van der Waals surface area contributed by atoms with Crippen molar-refractivity contribution in [2.45, 2.75) is 5.25 Å². The Morgan fingerprint density at radius 1 is 1.10 bits per heavy atom. The number of fused-ring (bicyclic) bond motifs is 1. The van der Waals surface area contributed by atoms with E-state index in [1.165, 1.54) is 28.8 Å². The maximum Gasteiger partial charge on any atom is 0.240 e. The quantitative estimate of drug-likeness (QED) is 0.313. The minimum Gasteiger partial charge on any atom is -0.353 e. The Bertz CT molecular complexity index is 1510. The Labute approximate surface area is 241 Å². The minimum atomic E-state index is -0.383. The van der Waals surface area contributed by atoms with Gasteiger partial charge in [0.25, 0.3) is 0 Å². The topological polar surface area (TPSA) is 70.5 Å². The van der Waals surface area contributed by atoms with E-state index in [4.69, 9.17) is 16.7 Å². The molecular formula is C30H29ClFN5O2S. The van der Waals surface area contributed by atoms with Crippen LogP contribution >= 0.6 is 23.4 Å². The van der Waals surface area contributed by atoms with Crippen molar-refractivity contribution in [3.05, 3.63) is 101 Å². The number of carbonyl (C=O) groups excluding carboxylic acids is 2. The molecule has 2 heterocycles. The Morgan fingerprint density at radius 3 is 2.55 bits per heavy atom. The van der Waals surface area contributed by atoms with E-state index in [1.54, 1.807) is 16.8 Å². The zero-order valence-electron chi connectivity index (χ0n) is 22.2. The van der Waals surface area contributed by atoms with Crippen molar-refractivity contribution in [1.82, 2.24) is 20.0 Å². The summed E-state index contributed by atoms with van der Waals surface area (Å²) in [5, 5.41) is 8.19. The number of rotatable bonds is 8. The number of nitrogens with zero attached hydrogens (tertiary/aromatic N) is 4. The number of halogens is 2. The molecular weight excluding hydrogens is 549 g/mol. The molecule has 0 bridgehead atoms.